The lowest BCUT2D eigenvalue weighted by Gasteiger charge is -2.14. The number of amides is 1. The summed E-state index contributed by atoms with van der Waals surface area (Å²) in [5, 5.41) is 10.2. The Morgan fingerprint density at radius 1 is 1.00 bits per heavy atom. The van der Waals surface area contributed by atoms with Crippen molar-refractivity contribution in [2.24, 2.45) is 10.2 Å². The van der Waals surface area contributed by atoms with E-state index in [4.69, 9.17) is 4.74 Å². The largest absolute Gasteiger partial charge is 0.462 e. The third kappa shape index (κ3) is 4.84. The molecule has 3 aromatic rings. The maximum atomic E-state index is 13.1. The minimum atomic E-state index is -0.351. The summed E-state index contributed by atoms with van der Waals surface area (Å²) in [7, 11) is 0. The van der Waals surface area contributed by atoms with Gasteiger partial charge in [-0.3, -0.25) is 10.2 Å². The number of esters is 1. The maximum Gasteiger partial charge on any atom is 0.338 e. The van der Waals surface area contributed by atoms with Gasteiger partial charge >= 0.3 is 11.9 Å². The molecule has 7 nitrogen and oxygen atoms in total. The Morgan fingerprint density at radius 2 is 1.77 bits per heavy atom. The highest BCUT2D eigenvalue weighted by Crippen LogP contribution is 2.30. The Bertz CT molecular complexity index is 1370. The molecular weight excluding hydrogens is 440 g/mol. The average Bonchev–Trinajstić information content (AvgIpc) is 3.13. The van der Waals surface area contributed by atoms with Crippen molar-refractivity contribution >= 4 is 34.7 Å². The van der Waals surface area contributed by atoms with Gasteiger partial charge in [0.25, 0.3) is 0 Å². The fourth-order valence-corrected chi connectivity index (χ4v) is 3.87. The lowest BCUT2D eigenvalue weighted by Crippen LogP contribution is -2.28. The quantitative estimate of drug-likeness (QED) is 0.375. The number of carbonyl (C=O) groups excluding carboxylic acids is 2. The number of rotatable bonds is 6. The molecule has 0 fully saturated rings. The summed E-state index contributed by atoms with van der Waals surface area (Å²) < 4.78 is 5.13. The van der Waals surface area contributed by atoms with Gasteiger partial charge < -0.3 is 4.74 Å². The molecular formula is C28H28N4O3. The SMILES string of the molecule is CCOC(=O)c1cccc(-c2cccc(N/N=C3\C(=O)N(c4ccc(C)c(C)c4)N=C3C)c2C)c1. The normalized spacial score (nSPS) is 14.3. The van der Waals surface area contributed by atoms with Crippen molar-refractivity contribution in [1.82, 2.24) is 0 Å². The molecule has 1 heterocycles. The van der Waals surface area contributed by atoms with Gasteiger partial charge in [-0.2, -0.15) is 15.2 Å². The van der Waals surface area contributed by atoms with Crippen LogP contribution in [-0.2, 0) is 9.53 Å². The molecule has 1 amide bonds. The van der Waals surface area contributed by atoms with E-state index >= 15 is 0 Å². The Balaban J connectivity index is 1.59. The van der Waals surface area contributed by atoms with E-state index in [1.807, 2.05) is 75.4 Å². The van der Waals surface area contributed by atoms with E-state index in [1.54, 1.807) is 19.9 Å². The molecule has 0 saturated heterocycles. The van der Waals surface area contributed by atoms with E-state index in [9.17, 15) is 9.59 Å². The molecule has 0 bridgehead atoms. The molecule has 0 radical (unpaired) electrons. The smallest absolute Gasteiger partial charge is 0.338 e. The second kappa shape index (κ2) is 9.93. The second-order valence-corrected chi connectivity index (χ2v) is 8.42. The van der Waals surface area contributed by atoms with Gasteiger partial charge in [0.1, 0.15) is 0 Å². The number of hydrazone groups is 2. The van der Waals surface area contributed by atoms with Gasteiger partial charge in [0.15, 0.2) is 5.71 Å². The number of aryl methyl sites for hydroxylation is 2. The van der Waals surface area contributed by atoms with Crippen molar-refractivity contribution in [3.8, 4) is 11.1 Å². The Labute approximate surface area is 205 Å². The molecule has 7 heteroatoms. The number of hydrogen-bond donors (Lipinski definition) is 1. The van der Waals surface area contributed by atoms with E-state index in [-0.39, 0.29) is 17.6 Å². The molecule has 0 aromatic heterocycles. The van der Waals surface area contributed by atoms with Crippen molar-refractivity contribution in [1.29, 1.82) is 0 Å². The third-order valence-electron chi connectivity index (χ3n) is 6.03. The molecule has 35 heavy (non-hydrogen) atoms. The van der Waals surface area contributed by atoms with Gasteiger partial charge in [0, 0.05) is 0 Å². The van der Waals surface area contributed by atoms with Gasteiger partial charge in [-0.15, -0.1) is 0 Å². The summed E-state index contributed by atoms with van der Waals surface area (Å²) in [5.41, 5.74) is 10.8. The van der Waals surface area contributed by atoms with Crippen molar-refractivity contribution in [2.45, 2.75) is 34.6 Å². The molecule has 1 aliphatic heterocycles. The topological polar surface area (TPSA) is 83.4 Å². The van der Waals surface area contributed by atoms with Gasteiger partial charge in [-0.1, -0.05) is 30.3 Å². The van der Waals surface area contributed by atoms with E-state index in [2.05, 4.69) is 15.6 Å². The van der Waals surface area contributed by atoms with Gasteiger partial charge in [-0.25, -0.2) is 4.79 Å². The molecule has 0 unspecified atom stereocenters. The number of carbonyl (C=O) groups is 2. The minimum Gasteiger partial charge on any atom is -0.462 e. The van der Waals surface area contributed by atoms with E-state index in [0.717, 1.165) is 33.5 Å². The molecule has 1 aliphatic rings. The number of nitrogens with one attached hydrogen (secondary N) is 1. The average molecular weight is 469 g/mol. The molecule has 178 valence electrons. The summed E-state index contributed by atoms with van der Waals surface area (Å²) in [6.07, 6.45) is 0. The number of benzene rings is 3. The lowest BCUT2D eigenvalue weighted by atomic mass is 9.98. The zero-order valence-electron chi connectivity index (χ0n) is 20.5. The molecule has 0 spiro atoms. The molecule has 0 aliphatic carbocycles. The molecule has 4 rings (SSSR count). The third-order valence-corrected chi connectivity index (χ3v) is 6.03. The summed E-state index contributed by atoms with van der Waals surface area (Å²) >= 11 is 0. The van der Waals surface area contributed by atoms with Crippen LogP contribution < -0.4 is 10.4 Å². The van der Waals surface area contributed by atoms with Crippen molar-refractivity contribution in [3.05, 3.63) is 82.9 Å². The lowest BCUT2D eigenvalue weighted by molar-refractivity contribution is -0.112. The number of hydrogen-bond acceptors (Lipinski definition) is 6. The fourth-order valence-electron chi connectivity index (χ4n) is 3.87. The monoisotopic (exact) mass is 468 g/mol. The fraction of sp³-hybridized carbons (Fsp3) is 0.214. The molecule has 0 saturated carbocycles. The maximum absolute atomic E-state index is 13.1. The van der Waals surface area contributed by atoms with Crippen LogP contribution in [-0.4, -0.2) is 29.9 Å². The van der Waals surface area contributed by atoms with E-state index in [0.29, 0.717) is 23.6 Å². The zero-order valence-corrected chi connectivity index (χ0v) is 20.5. The van der Waals surface area contributed by atoms with Crippen LogP contribution in [0.1, 0.15) is 40.9 Å². The van der Waals surface area contributed by atoms with Crippen molar-refractivity contribution in [3.63, 3.8) is 0 Å². The number of ether oxygens (including phenoxy) is 1. The van der Waals surface area contributed by atoms with Gasteiger partial charge in [0.2, 0.25) is 0 Å². The van der Waals surface area contributed by atoms with Crippen LogP contribution in [0.25, 0.3) is 11.1 Å². The van der Waals surface area contributed by atoms with Crippen molar-refractivity contribution < 1.29 is 14.3 Å². The van der Waals surface area contributed by atoms with Crippen LogP contribution >= 0.6 is 0 Å². The van der Waals surface area contributed by atoms with E-state index < -0.39 is 0 Å². The zero-order chi connectivity index (χ0) is 25.1. The standard InChI is InChI=1S/C28H28N4O3/c1-6-35-28(34)22-10-7-9-21(16-22)24-11-8-12-25(19(24)4)29-30-26-20(5)31-32(27(26)33)23-14-13-17(2)18(3)15-23/h7-16,29H,6H2,1-5H3/b30-26-. The minimum absolute atomic E-state index is 0.261. The van der Waals surface area contributed by atoms with Crippen LogP contribution in [0.2, 0.25) is 0 Å². The van der Waals surface area contributed by atoms with Crippen molar-refractivity contribution in [2.75, 3.05) is 17.0 Å². The summed E-state index contributed by atoms with van der Waals surface area (Å²) in [6, 6.07) is 18.9. The van der Waals surface area contributed by atoms with Crippen LogP contribution in [0, 0.1) is 20.8 Å². The van der Waals surface area contributed by atoms with Gasteiger partial charge in [0.05, 0.1) is 29.3 Å². The Hall–Kier alpha value is -4.26. The van der Waals surface area contributed by atoms with Crippen LogP contribution in [0.15, 0.2) is 70.9 Å². The first-order valence-electron chi connectivity index (χ1n) is 11.5. The molecule has 1 N–H and O–H groups in total. The second-order valence-electron chi connectivity index (χ2n) is 8.42. The molecule has 0 atom stereocenters. The first-order valence-corrected chi connectivity index (χ1v) is 11.5. The summed E-state index contributed by atoms with van der Waals surface area (Å²) in [6.45, 7) is 9.87. The van der Waals surface area contributed by atoms with Crippen LogP contribution in [0.5, 0.6) is 0 Å². The summed E-state index contributed by atoms with van der Waals surface area (Å²) in [5.74, 6) is -0.635. The van der Waals surface area contributed by atoms with E-state index in [1.165, 1.54) is 5.01 Å². The van der Waals surface area contributed by atoms with Crippen LogP contribution in [0.4, 0.5) is 11.4 Å². The van der Waals surface area contributed by atoms with Gasteiger partial charge in [-0.05, 0) is 92.8 Å². The highest BCUT2D eigenvalue weighted by atomic mass is 16.5. The Morgan fingerprint density at radius 3 is 2.51 bits per heavy atom. The van der Waals surface area contributed by atoms with Crippen LogP contribution in [0.3, 0.4) is 0 Å². The Kier molecular flexibility index (Phi) is 6.78. The summed E-state index contributed by atoms with van der Waals surface area (Å²) in [4.78, 5) is 25.2. The number of nitrogens with zero attached hydrogens (tertiary/aromatic N) is 3. The highest BCUT2D eigenvalue weighted by Gasteiger charge is 2.31. The predicted octanol–water partition coefficient (Wildman–Crippen LogP) is 5.65. The molecule has 3 aromatic carbocycles. The number of anilines is 2. The first kappa shape index (κ1) is 23.9. The first-order chi connectivity index (χ1) is 16.8. The predicted molar refractivity (Wildman–Crippen MR) is 140 cm³/mol. The highest BCUT2D eigenvalue weighted by molar-refractivity contribution is 6.71.